The number of hydrogen-bond acceptors (Lipinski definition) is 3. The summed E-state index contributed by atoms with van der Waals surface area (Å²) < 4.78 is 5.76. The highest BCUT2D eigenvalue weighted by atomic mass is 32.1. The van der Waals surface area contributed by atoms with E-state index in [1.165, 1.54) is 5.56 Å². The zero-order valence-corrected chi connectivity index (χ0v) is 14.4. The van der Waals surface area contributed by atoms with Gasteiger partial charge < -0.3 is 10.1 Å². The number of hydrogen-bond donors (Lipinski definition) is 1. The lowest BCUT2D eigenvalue weighted by molar-refractivity contribution is -0.117. The molecule has 1 fully saturated rings. The molecule has 0 radical (unpaired) electrons. The number of carbonyl (C=O) groups excluding carboxylic acids is 1. The van der Waals surface area contributed by atoms with Gasteiger partial charge in [0.15, 0.2) is 5.11 Å². The van der Waals surface area contributed by atoms with Gasteiger partial charge in [-0.15, -0.1) is 0 Å². The summed E-state index contributed by atoms with van der Waals surface area (Å²) in [5.41, 5.74) is 3.07. The van der Waals surface area contributed by atoms with Gasteiger partial charge in [-0.2, -0.15) is 0 Å². The summed E-state index contributed by atoms with van der Waals surface area (Å²) in [5.74, 6) is -0.0258. The zero-order valence-electron chi connectivity index (χ0n) is 13.6. The van der Waals surface area contributed by atoms with E-state index >= 15 is 0 Å². The Hall–Kier alpha value is -2.24. The number of nitrogens with zero attached hydrogens (tertiary/aromatic N) is 1. The number of carbonyl (C=O) groups is 1. The normalized spacial score (nSPS) is 17.2. The molecule has 124 valence electrons. The quantitative estimate of drug-likeness (QED) is 0.648. The lowest BCUT2D eigenvalue weighted by Gasteiger charge is -2.16. The van der Waals surface area contributed by atoms with E-state index in [0.717, 1.165) is 17.7 Å². The van der Waals surface area contributed by atoms with Crippen LogP contribution in [0.2, 0.25) is 0 Å². The highest BCUT2D eigenvalue weighted by Gasteiger charge is 2.33. The molecule has 5 heteroatoms. The second-order valence-corrected chi connectivity index (χ2v) is 6.19. The van der Waals surface area contributed by atoms with Crippen molar-refractivity contribution in [1.82, 2.24) is 5.32 Å². The van der Waals surface area contributed by atoms with Crippen LogP contribution in [0.3, 0.4) is 0 Å². The van der Waals surface area contributed by atoms with Crippen molar-refractivity contribution in [3.63, 3.8) is 0 Å². The smallest absolute Gasteiger partial charge is 0.255 e. The first-order valence-electron chi connectivity index (χ1n) is 8.00. The fraction of sp³-hybridized carbons (Fsp3) is 0.263. The molecule has 1 aliphatic rings. The van der Waals surface area contributed by atoms with E-state index < -0.39 is 0 Å². The Morgan fingerprint density at radius 3 is 2.58 bits per heavy atom. The van der Waals surface area contributed by atoms with E-state index in [0.29, 0.717) is 18.3 Å². The van der Waals surface area contributed by atoms with Crippen molar-refractivity contribution < 1.29 is 9.53 Å². The SMILES string of the molecule is CC1NC(=S)N(c2cccc(COCCc3ccccc3)c2)C1=O. The second kappa shape index (κ2) is 7.55. The Labute approximate surface area is 147 Å². The average molecular weight is 340 g/mol. The highest BCUT2D eigenvalue weighted by Crippen LogP contribution is 2.21. The summed E-state index contributed by atoms with van der Waals surface area (Å²) in [6.45, 7) is 2.98. The van der Waals surface area contributed by atoms with Gasteiger partial charge in [-0.25, -0.2) is 0 Å². The Balaban J connectivity index is 1.58. The van der Waals surface area contributed by atoms with Crippen LogP contribution in [0.4, 0.5) is 5.69 Å². The maximum absolute atomic E-state index is 12.2. The minimum absolute atomic E-state index is 0.0258. The fourth-order valence-electron chi connectivity index (χ4n) is 2.66. The van der Waals surface area contributed by atoms with Crippen molar-refractivity contribution in [1.29, 1.82) is 0 Å². The first-order chi connectivity index (χ1) is 11.6. The monoisotopic (exact) mass is 340 g/mol. The van der Waals surface area contributed by atoms with E-state index in [-0.39, 0.29) is 11.9 Å². The van der Waals surface area contributed by atoms with Crippen LogP contribution < -0.4 is 10.2 Å². The Kier molecular flexibility index (Phi) is 5.23. The zero-order chi connectivity index (χ0) is 16.9. The molecule has 1 N–H and O–H groups in total. The molecule has 1 saturated heterocycles. The van der Waals surface area contributed by atoms with Gasteiger partial charge in [0.2, 0.25) is 0 Å². The standard InChI is InChI=1S/C19H20N2O2S/c1-14-18(22)21(19(24)20-14)17-9-5-8-16(12-17)13-23-11-10-15-6-3-2-4-7-15/h2-9,12,14H,10-11,13H2,1H3,(H,20,24). The number of ether oxygens (including phenoxy) is 1. The highest BCUT2D eigenvalue weighted by molar-refractivity contribution is 7.80. The van der Waals surface area contributed by atoms with Gasteiger partial charge in [-0.05, 0) is 48.8 Å². The molecule has 0 spiro atoms. The van der Waals surface area contributed by atoms with Crippen molar-refractivity contribution in [3.05, 3.63) is 65.7 Å². The van der Waals surface area contributed by atoms with Crippen LogP contribution in [0, 0.1) is 0 Å². The van der Waals surface area contributed by atoms with Crippen molar-refractivity contribution >= 4 is 28.9 Å². The summed E-state index contributed by atoms with van der Waals surface area (Å²) in [6, 6.07) is 17.7. The first kappa shape index (κ1) is 16.6. The van der Waals surface area contributed by atoms with Gasteiger partial charge in [0.25, 0.3) is 5.91 Å². The molecule has 0 bridgehead atoms. The van der Waals surface area contributed by atoms with Gasteiger partial charge in [0.05, 0.1) is 18.9 Å². The lowest BCUT2D eigenvalue weighted by atomic mass is 10.1. The van der Waals surface area contributed by atoms with Crippen LogP contribution in [0.1, 0.15) is 18.1 Å². The number of rotatable bonds is 6. The number of benzene rings is 2. The topological polar surface area (TPSA) is 41.6 Å². The van der Waals surface area contributed by atoms with Crippen molar-refractivity contribution in [3.8, 4) is 0 Å². The third-order valence-corrected chi connectivity index (χ3v) is 4.25. The Bertz CT molecular complexity index is 733. The molecule has 1 aliphatic heterocycles. The van der Waals surface area contributed by atoms with Gasteiger partial charge in [0, 0.05) is 0 Å². The molecule has 2 aromatic carbocycles. The fourth-order valence-corrected chi connectivity index (χ4v) is 3.03. The van der Waals surface area contributed by atoms with Crippen molar-refractivity contribution in [2.24, 2.45) is 0 Å². The molecule has 1 amide bonds. The molecule has 0 saturated carbocycles. The maximum atomic E-state index is 12.2. The summed E-state index contributed by atoms with van der Waals surface area (Å²) in [4.78, 5) is 13.7. The molecule has 1 atom stereocenters. The number of thiocarbonyl (C=S) groups is 1. The predicted molar refractivity (Wildman–Crippen MR) is 98.9 cm³/mol. The summed E-state index contributed by atoms with van der Waals surface area (Å²) in [7, 11) is 0. The molecule has 24 heavy (non-hydrogen) atoms. The number of nitrogens with one attached hydrogen (secondary N) is 1. The summed E-state index contributed by atoms with van der Waals surface area (Å²) >= 11 is 5.24. The molecule has 3 rings (SSSR count). The average Bonchev–Trinajstić information content (AvgIpc) is 2.85. The molecule has 0 aromatic heterocycles. The van der Waals surface area contributed by atoms with Gasteiger partial charge in [-0.3, -0.25) is 9.69 Å². The van der Waals surface area contributed by atoms with E-state index in [9.17, 15) is 4.79 Å². The number of anilines is 1. The molecular weight excluding hydrogens is 320 g/mol. The summed E-state index contributed by atoms with van der Waals surface area (Å²) in [6.07, 6.45) is 0.886. The second-order valence-electron chi connectivity index (χ2n) is 5.80. The molecule has 1 heterocycles. The Morgan fingerprint density at radius 1 is 1.12 bits per heavy atom. The van der Waals surface area contributed by atoms with Crippen LogP contribution in [-0.4, -0.2) is 23.7 Å². The molecule has 4 nitrogen and oxygen atoms in total. The third kappa shape index (κ3) is 3.80. The third-order valence-electron chi connectivity index (χ3n) is 3.95. The van der Waals surface area contributed by atoms with Crippen LogP contribution >= 0.6 is 12.2 Å². The van der Waals surface area contributed by atoms with Crippen LogP contribution in [0.15, 0.2) is 54.6 Å². The van der Waals surface area contributed by atoms with E-state index in [4.69, 9.17) is 17.0 Å². The Morgan fingerprint density at radius 2 is 1.88 bits per heavy atom. The van der Waals surface area contributed by atoms with Crippen molar-refractivity contribution in [2.45, 2.75) is 26.0 Å². The molecule has 1 unspecified atom stereocenters. The molecular formula is C19H20N2O2S. The van der Waals surface area contributed by atoms with Gasteiger partial charge >= 0.3 is 0 Å². The van der Waals surface area contributed by atoms with Gasteiger partial charge in [-0.1, -0.05) is 42.5 Å². The summed E-state index contributed by atoms with van der Waals surface area (Å²) in [5, 5.41) is 3.43. The predicted octanol–water partition coefficient (Wildman–Crippen LogP) is 3.06. The van der Waals surface area contributed by atoms with E-state index in [2.05, 4.69) is 17.4 Å². The molecule has 2 aromatic rings. The van der Waals surface area contributed by atoms with Crippen LogP contribution in [0.25, 0.3) is 0 Å². The first-order valence-corrected chi connectivity index (χ1v) is 8.41. The van der Waals surface area contributed by atoms with E-state index in [1.54, 1.807) is 4.90 Å². The molecule has 0 aliphatic carbocycles. The minimum atomic E-state index is -0.275. The number of amides is 1. The largest absolute Gasteiger partial charge is 0.376 e. The van der Waals surface area contributed by atoms with E-state index in [1.807, 2.05) is 49.4 Å². The minimum Gasteiger partial charge on any atom is -0.376 e. The van der Waals surface area contributed by atoms with Gasteiger partial charge in [0.1, 0.15) is 6.04 Å². The maximum Gasteiger partial charge on any atom is 0.255 e. The van der Waals surface area contributed by atoms with Crippen molar-refractivity contribution in [2.75, 3.05) is 11.5 Å². The van der Waals surface area contributed by atoms with Crippen LogP contribution in [-0.2, 0) is 22.6 Å². The van der Waals surface area contributed by atoms with Crippen LogP contribution in [0.5, 0.6) is 0 Å². The lowest BCUT2D eigenvalue weighted by Crippen LogP contribution is -2.30.